The minimum absolute atomic E-state index is 0.0947. The van der Waals surface area contributed by atoms with E-state index in [2.05, 4.69) is 34.7 Å². The predicted octanol–water partition coefficient (Wildman–Crippen LogP) is 5.59. The van der Waals surface area contributed by atoms with Crippen LogP contribution in [0.5, 0.6) is 0 Å². The van der Waals surface area contributed by atoms with E-state index < -0.39 is 0 Å². The van der Waals surface area contributed by atoms with Crippen LogP contribution >= 0.6 is 57.6 Å². The molecule has 0 aliphatic carbocycles. The van der Waals surface area contributed by atoms with Gasteiger partial charge in [-0.3, -0.25) is 4.79 Å². The van der Waals surface area contributed by atoms with Crippen molar-refractivity contribution in [2.24, 2.45) is 0 Å². The van der Waals surface area contributed by atoms with Gasteiger partial charge in [0.05, 0.1) is 10.6 Å². The highest BCUT2D eigenvalue weighted by molar-refractivity contribution is 14.1. The van der Waals surface area contributed by atoms with Crippen LogP contribution in [0.2, 0.25) is 10.0 Å². The van der Waals surface area contributed by atoms with Gasteiger partial charge in [-0.15, -0.1) is 11.8 Å². The maximum absolute atomic E-state index is 12.6. The lowest BCUT2D eigenvalue weighted by Crippen LogP contribution is -2.27. The van der Waals surface area contributed by atoms with Crippen molar-refractivity contribution in [2.45, 2.75) is 11.4 Å². The Morgan fingerprint density at radius 3 is 2.45 bits per heavy atom. The summed E-state index contributed by atoms with van der Waals surface area (Å²) in [5, 5.41) is 0.959. The second-order valence-corrected chi connectivity index (χ2v) is 7.56. The highest BCUT2D eigenvalue weighted by Gasteiger charge is 2.18. The first-order valence-electron chi connectivity index (χ1n) is 6.45. The van der Waals surface area contributed by atoms with E-state index in [0.29, 0.717) is 22.2 Å². The van der Waals surface area contributed by atoms with Crippen molar-refractivity contribution in [1.29, 1.82) is 0 Å². The van der Waals surface area contributed by atoms with Crippen molar-refractivity contribution in [3.05, 3.63) is 61.1 Å². The van der Waals surface area contributed by atoms with Gasteiger partial charge in [-0.25, -0.2) is 0 Å². The maximum Gasteiger partial charge on any atom is 0.255 e. The van der Waals surface area contributed by atoms with Gasteiger partial charge >= 0.3 is 0 Å². The molecule has 0 unspecified atom stereocenters. The van der Waals surface area contributed by atoms with E-state index in [0.717, 1.165) is 9.13 Å². The van der Waals surface area contributed by atoms with E-state index in [9.17, 15) is 4.79 Å². The number of hydrogen-bond donors (Lipinski definition) is 0. The fourth-order valence-electron chi connectivity index (χ4n) is 1.99. The van der Waals surface area contributed by atoms with Gasteiger partial charge < -0.3 is 4.90 Å². The van der Waals surface area contributed by atoms with Crippen LogP contribution in [0.3, 0.4) is 0 Å². The molecule has 0 saturated carbocycles. The van der Waals surface area contributed by atoms with Gasteiger partial charge in [-0.2, -0.15) is 0 Å². The van der Waals surface area contributed by atoms with E-state index in [1.165, 1.54) is 4.90 Å². The van der Waals surface area contributed by atoms with E-state index >= 15 is 0 Å². The molecule has 6 heteroatoms. The van der Waals surface area contributed by atoms with Crippen LogP contribution in [0.4, 0.5) is 0 Å². The molecule has 0 aliphatic heterocycles. The van der Waals surface area contributed by atoms with Crippen LogP contribution in [0.1, 0.15) is 15.9 Å². The first-order valence-corrected chi connectivity index (χ1v) is 9.51. The Labute approximate surface area is 158 Å². The molecule has 0 radical (unpaired) electrons. The summed E-state index contributed by atoms with van der Waals surface area (Å²) in [7, 11) is 1.77. The normalized spacial score (nSPS) is 10.6. The van der Waals surface area contributed by atoms with Crippen molar-refractivity contribution < 1.29 is 4.79 Å². The summed E-state index contributed by atoms with van der Waals surface area (Å²) in [5.74, 6) is -0.0947. The molecule has 0 atom stereocenters. The number of amides is 1. The average molecular weight is 466 g/mol. The molecule has 0 saturated heterocycles. The summed E-state index contributed by atoms with van der Waals surface area (Å²) < 4.78 is 0.721. The quantitative estimate of drug-likeness (QED) is 0.333. The molecule has 1 amide bonds. The number of rotatable bonds is 4. The second-order valence-electron chi connectivity index (χ2n) is 4.76. The van der Waals surface area contributed by atoms with Gasteiger partial charge in [-0.1, -0.05) is 35.3 Å². The Balaban J connectivity index is 2.18. The summed E-state index contributed by atoms with van der Waals surface area (Å²) in [6, 6.07) is 11.5. The molecule has 0 spiro atoms. The maximum atomic E-state index is 12.6. The van der Waals surface area contributed by atoms with Gasteiger partial charge in [0.25, 0.3) is 5.91 Å². The topological polar surface area (TPSA) is 20.3 Å². The van der Waals surface area contributed by atoms with Crippen LogP contribution < -0.4 is 0 Å². The molecule has 0 aliphatic rings. The molecular weight excluding hydrogens is 452 g/mol. The SMILES string of the molecule is CSc1ccc(CN(C)C(=O)c2cc(Cl)cc(Cl)c2I)cc1. The zero-order valence-electron chi connectivity index (χ0n) is 12.1. The molecule has 0 aromatic heterocycles. The highest BCUT2D eigenvalue weighted by Crippen LogP contribution is 2.28. The lowest BCUT2D eigenvalue weighted by Gasteiger charge is -2.19. The van der Waals surface area contributed by atoms with Crippen molar-refractivity contribution >= 4 is 63.5 Å². The average Bonchev–Trinajstić information content (AvgIpc) is 2.50. The number of nitrogens with zero attached hydrogens (tertiary/aromatic N) is 1. The predicted molar refractivity (Wildman–Crippen MR) is 103 cm³/mol. The van der Waals surface area contributed by atoms with Gasteiger partial charge in [-0.05, 0) is 58.7 Å². The summed E-state index contributed by atoms with van der Waals surface area (Å²) in [6.45, 7) is 0.535. The molecule has 22 heavy (non-hydrogen) atoms. The molecule has 2 rings (SSSR count). The molecule has 0 N–H and O–H groups in total. The lowest BCUT2D eigenvalue weighted by atomic mass is 10.1. The summed E-state index contributed by atoms with van der Waals surface area (Å²) in [4.78, 5) is 15.5. The largest absolute Gasteiger partial charge is 0.337 e. The van der Waals surface area contributed by atoms with E-state index in [1.807, 2.05) is 18.4 Å². The number of hydrogen-bond acceptors (Lipinski definition) is 2. The number of halogens is 3. The fraction of sp³-hybridized carbons (Fsp3) is 0.188. The monoisotopic (exact) mass is 465 g/mol. The Morgan fingerprint density at radius 2 is 1.86 bits per heavy atom. The van der Waals surface area contributed by atoms with Crippen molar-refractivity contribution in [3.63, 3.8) is 0 Å². The minimum atomic E-state index is -0.0947. The van der Waals surface area contributed by atoms with Gasteiger partial charge in [0.2, 0.25) is 0 Å². The fourth-order valence-corrected chi connectivity index (χ4v) is 3.44. The summed E-state index contributed by atoms with van der Waals surface area (Å²) in [6.07, 6.45) is 2.04. The van der Waals surface area contributed by atoms with Gasteiger partial charge in [0.15, 0.2) is 0 Å². The smallest absolute Gasteiger partial charge is 0.255 e. The number of benzene rings is 2. The van der Waals surface area contributed by atoms with Crippen LogP contribution in [-0.4, -0.2) is 24.1 Å². The lowest BCUT2D eigenvalue weighted by molar-refractivity contribution is 0.0784. The van der Waals surface area contributed by atoms with Gasteiger partial charge in [0.1, 0.15) is 0 Å². The van der Waals surface area contributed by atoms with Crippen molar-refractivity contribution in [3.8, 4) is 0 Å². The van der Waals surface area contributed by atoms with Crippen molar-refractivity contribution in [1.82, 2.24) is 4.90 Å². The minimum Gasteiger partial charge on any atom is -0.337 e. The van der Waals surface area contributed by atoms with Crippen LogP contribution in [0, 0.1) is 3.57 Å². The Kier molecular flexibility index (Phi) is 6.44. The first kappa shape index (κ1) is 17.9. The van der Waals surface area contributed by atoms with Crippen LogP contribution in [-0.2, 0) is 6.54 Å². The van der Waals surface area contributed by atoms with E-state index in [1.54, 1.807) is 35.8 Å². The Morgan fingerprint density at radius 1 is 1.23 bits per heavy atom. The molecule has 2 aromatic rings. The van der Waals surface area contributed by atoms with Crippen LogP contribution in [0.15, 0.2) is 41.3 Å². The second kappa shape index (κ2) is 7.90. The zero-order chi connectivity index (χ0) is 16.3. The van der Waals surface area contributed by atoms with Crippen LogP contribution in [0.25, 0.3) is 0 Å². The molecule has 2 aromatic carbocycles. The number of carbonyl (C=O) groups is 1. The zero-order valence-corrected chi connectivity index (χ0v) is 16.6. The van der Waals surface area contributed by atoms with E-state index in [4.69, 9.17) is 23.2 Å². The standard InChI is InChI=1S/C16H14Cl2INOS/c1-20(9-10-3-5-12(22-2)6-4-10)16(21)13-7-11(17)8-14(18)15(13)19/h3-8H,9H2,1-2H3. The van der Waals surface area contributed by atoms with E-state index in [-0.39, 0.29) is 5.91 Å². The highest BCUT2D eigenvalue weighted by atomic mass is 127. The third-order valence-electron chi connectivity index (χ3n) is 3.15. The number of thioether (sulfide) groups is 1. The van der Waals surface area contributed by atoms with Crippen molar-refractivity contribution in [2.75, 3.05) is 13.3 Å². The Hall–Kier alpha value is -0.430. The van der Waals surface area contributed by atoms with Gasteiger partial charge in [0, 0.05) is 27.1 Å². The molecule has 0 fully saturated rings. The molecule has 2 nitrogen and oxygen atoms in total. The summed E-state index contributed by atoms with van der Waals surface area (Å²) in [5.41, 5.74) is 1.61. The first-order chi connectivity index (χ1) is 10.4. The summed E-state index contributed by atoms with van der Waals surface area (Å²) >= 11 is 15.9. The molecule has 116 valence electrons. The molecule has 0 bridgehead atoms. The number of carbonyl (C=O) groups excluding carboxylic acids is 1. The third-order valence-corrected chi connectivity index (χ3v) is 5.89. The molecule has 0 heterocycles. The third kappa shape index (κ3) is 4.31. The molecular formula is C16H14Cl2INOS. The Bertz CT molecular complexity index is 691.